The van der Waals surface area contributed by atoms with E-state index in [1.807, 2.05) is 36.4 Å². The lowest BCUT2D eigenvalue weighted by Crippen LogP contribution is -1.94. The molecule has 1 atom stereocenters. The standard InChI is InChI=1S/C11H9NO2/c1-13-11(7-12)10-6-8-4-2-3-5-9(8)14-10/h2-6,11H,1H3. The van der Waals surface area contributed by atoms with Gasteiger partial charge in [0.25, 0.3) is 0 Å². The van der Waals surface area contributed by atoms with Crippen LogP contribution in [-0.4, -0.2) is 7.11 Å². The van der Waals surface area contributed by atoms with E-state index in [1.54, 1.807) is 0 Å². The molecule has 1 aromatic heterocycles. The molecule has 2 aromatic rings. The highest BCUT2D eigenvalue weighted by atomic mass is 16.5. The van der Waals surface area contributed by atoms with Crippen LogP contribution in [0.25, 0.3) is 11.0 Å². The Labute approximate surface area is 81.5 Å². The summed E-state index contributed by atoms with van der Waals surface area (Å²) in [4.78, 5) is 0. The molecule has 14 heavy (non-hydrogen) atoms. The number of furan rings is 1. The average Bonchev–Trinajstić information content (AvgIpc) is 2.63. The molecule has 0 aliphatic carbocycles. The van der Waals surface area contributed by atoms with Crippen LogP contribution in [0.5, 0.6) is 0 Å². The van der Waals surface area contributed by atoms with Crippen molar-refractivity contribution in [1.29, 1.82) is 5.26 Å². The molecule has 1 heterocycles. The van der Waals surface area contributed by atoms with Crippen LogP contribution in [0.15, 0.2) is 34.7 Å². The average molecular weight is 187 g/mol. The first-order chi connectivity index (χ1) is 6.85. The largest absolute Gasteiger partial charge is 0.457 e. The summed E-state index contributed by atoms with van der Waals surface area (Å²) in [6.45, 7) is 0. The fourth-order valence-electron chi connectivity index (χ4n) is 1.36. The van der Waals surface area contributed by atoms with Crippen LogP contribution in [0.4, 0.5) is 0 Å². The molecule has 0 amide bonds. The summed E-state index contributed by atoms with van der Waals surface area (Å²) in [6, 6.07) is 11.5. The Morgan fingerprint density at radius 1 is 1.43 bits per heavy atom. The molecular weight excluding hydrogens is 178 g/mol. The van der Waals surface area contributed by atoms with Gasteiger partial charge >= 0.3 is 0 Å². The molecule has 1 aromatic carbocycles. The topological polar surface area (TPSA) is 46.2 Å². The SMILES string of the molecule is COC(C#N)c1cc2ccccc2o1. The Morgan fingerprint density at radius 3 is 2.86 bits per heavy atom. The molecular formula is C11H9NO2. The van der Waals surface area contributed by atoms with Crippen molar-refractivity contribution < 1.29 is 9.15 Å². The van der Waals surface area contributed by atoms with Crippen molar-refractivity contribution in [2.24, 2.45) is 0 Å². The van der Waals surface area contributed by atoms with E-state index >= 15 is 0 Å². The number of fused-ring (bicyclic) bond motifs is 1. The van der Waals surface area contributed by atoms with Gasteiger partial charge in [0.15, 0.2) is 0 Å². The zero-order valence-corrected chi connectivity index (χ0v) is 7.73. The van der Waals surface area contributed by atoms with Crippen LogP contribution in [0.2, 0.25) is 0 Å². The van der Waals surface area contributed by atoms with Crippen molar-refractivity contribution >= 4 is 11.0 Å². The van der Waals surface area contributed by atoms with Crippen LogP contribution < -0.4 is 0 Å². The summed E-state index contributed by atoms with van der Waals surface area (Å²) in [7, 11) is 1.49. The minimum Gasteiger partial charge on any atom is -0.457 e. The smallest absolute Gasteiger partial charge is 0.201 e. The monoisotopic (exact) mass is 187 g/mol. The molecule has 0 spiro atoms. The second-order valence-corrected chi connectivity index (χ2v) is 2.93. The van der Waals surface area contributed by atoms with Gasteiger partial charge in [-0.05, 0) is 12.1 Å². The number of nitrogens with zero attached hydrogens (tertiary/aromatic N) is 1. The number of hydrogen-bond donors (Lipinski definition) is 0. The number of methoxy groups -OCH3 is 1. The first-order valence-corrected chi connectivity index (χ1v) is 4.26. The van der Waals surface area contributed by atoms with Gasteiger partial charge in [0.1, 0.15) is 17.4 Å². The predicted molar refractivity (Wildman–Crippen MR) is 51.6 cm³/mol. The Kier molecular flexibility index (Phi) is 2.21. The van der Waals surface area contributed by atoms with Gasteiger partial charge < -0.3 is 9.15 Å². The van der Waals surface area contributed by atoms with E-state index in [9.17, 15) is 0 Å². The molecule has 0 radical (unpaired) electrons. The maximum atomic E-state index is 8.77. The lowest BCUT2D eigenvalue weighted by atomic mass is 10.2. The fraction of sp³-hybridized carbons (Fsp3) is 0.182. The molecule has 0 bridgehead atoms. The lowest BCUT2D eigenvalue weighted by molar-refractivity contribution is 0.130. The van der Waals surface area contributed by atoms with Crippen molar-refractivity contribution in [3.63, 3.8) is 0 Å². The second kappa shape index (κ2) is 3.52. The van der Waals surface area contributed by atoms with E-state index < -0.39 is 6.10 Å². The number of ether oxygens (including phenoxy) is 1. The third-order valence-corrected chi connectivity index (χ3v) is 2.06. The third kappa shape index (κ3) is 1.36. The van der Waals surface area contributed by atoms with Crippen molar-refractivity contribution in [3.8, 4) is 6.07 Å². The van der Waals surface area contributed by atoms with Gasteiger partial charge in [0.2, 0.25) is 6.10 Å². The summed E-state index contributed by atoms with van der Waals surface area (Å²) < 4.78 is 10.4. The molecule has 0 N–H and O–H groups in total. The van der Waals surface area contributed by atoms with Gasteiger partial charge in [-0.3, -0.25) is 0 Å². The highest BCUT2D eigenvalue weighted by Crippen LogP contribution is 2.24. The summed E-state index contributed by atoms with van der Waals surface area (Å²) in [5.74, 6) is 0.552. The van der Waals surface area contributed by atoms with Gasteiger partial charge in [0.05, 0.1) is 0 Å². The number of benzene rings is 1. The number of nitriles is 1. The van der Waals surface area contributed by atoms with E-state index in [4.69, 9.17) is 14.4 Å². The zero-order chi connectivity index (χ0) is 9.97. The van der Waals surface area contributed by atoms with Gasteiger partial charge in [-0.2, -0.15) is 5.26 Å². The number of hydrogen-bond acceptors (Lipinski definition) is 3. The minimum atomic E-state index is -0.623. The quantitative estimate of drug-likeness (QED) is 0.726. The molecule has 0 fully saturated rings. The lowest BCUT2D eigenvalue weighted by Gasteiger charge is -2.00. The van der Waals surface area contributed by atoms with Crippen LogP contribution in [0.3, 0.4) is 0 Å². The number of rotatable bonds is 2. The number of para-hydroxylation sites is 1. The van der Waals surface area contributed by atoms with Crippen molar-refractivity contribution in [3.05, 3.63) is 36.1 Å². The normalized spacial score (nSPS) is 12.6. The highest BCUT2D eigenvalue weighted by molar-refractivity contribution is 5.77. The summed E-state index contributed by atoms with van der Waals surface area (Å²) >= 11 is 0. The third-order valence-electron chi connectivity index (χ3n) is 2.06. The van der Waals surface area contributed by atoms with Gasteiger partial charge in [-0.25, -0.2) is 0 Å². The Morgan fingerprint density at radius 2 is 2.21 bits per heavy atom. The van der Waals surface area contributed by atoms with E-state index in [0.717, 1.165) is 11.0 Å². The molecule has 70 valence electrons. The Balaban J connectivity index is 2.50. The van der Waals surface area contributed by atoms with Crippen LogP contribution in [0.1, 0.15) is 11.9 Å². The summed E-state index contributed by atoms with van der Waals surface area (Å²) in [5, 5.41) is 9.76. The van der Waals surface area contributed by atoms with Crippen LogP contribution in [0, 0.1) is 11.3 Å². The highest BCUT2D eigenvalue weighted by Gasteiger charge is 2.13. The van der Waals surface area contributed by atoms with Crippen molar-refractivity contribution in [2.75, 3.05) is 7.11 Å². The van der Waals surface area contributed by atoms with Crippen LogP contribution >= 0.6 is 0 Å². The molecule has 0 saturated heterocycles. The molecule has 0 aliphatic rings. The maximum Gasteiger partial charge on any atom is 0.201 e. The minimum absolute atomic E-state index is 0.552. The van der Waals surface area contributed by atoms with E-state index in [1.165, 1.54) is 7.11 Å². The van der Waals surface area contributed by atoms with Gasteiger partial charge in [0, 0.05) is 12.5 Å². The molecule has 2 rings (SSSR count). The zero-order valence-electron chi connectivity index (χ0n) is 7.73. The molecule has 0 aliphatic heterocycles. The van der Waals surface area contributed by atoms with E-state index in [-0.39, 0.29) is 0 Å². The fourth-order valence-corrected chi connectivity index (χ4v) is 1.36. The summed E-state index contributed by atoms with van der Waals surface area (Å²) in [6.07, 6.45) is -0.623. The summed E-state index contributed by atoms with van der Waals surface area (Å²) in [5.41, 5.74) is 0.778. The molecule has 3 heteroatoms. The van der Waals surface area contributed by atoms with Crippen molar-refractivity contribution in [2.45, 2.75) is 6.10 Å². The Hall–Kier alpha value is -1.79. The molecule has 3 nitrogen and oxygen atoms in total. The first kappa shape index (κ1) is 8.79. The van der Waals surface area contributed by atoms with Crippen LogP contribution in [-0.2, 0) is 4.74 Å². The second-order valence-electron chi connectivity index (χ2n) is 2.93. The van der Waals surface area contributed by atoms with Gasteiger partial charge in [-0.1, -0.05) is 18.2 Å². The molecule has 0 saturated carbocycles. The van der Waals surface area contributed by atoms with Gasteiger partial charge in [-0.15, -0.1) is 0 Å². The molecule has 1 unspecified atom stereocenters. The first-order valence-electron chi connectivity index (χ1n) is 4.26. The van der Waals surface area contributed by atoms with E-state index in [0.29, 0.717) is 5.76 Å². The maximum absolute atomic E-state index is 8.77. The van der Waals surface area contributed by atoms with Crippen molar-refractivity contribution in [1.82, 2.24) is 0 Å². The van der Waals surface area contributed by atoms with E-state index in [2.05, 4.69) is 0 Å². The Bertz CT molecular complexity index is 448. The predicted octanol–water partition coefficient (Wildman–Crippen LogP) is 2.64.